The molecule has 3 unspecified atom stereocenters. The molecular weight excluding hydrogens is 256 g/mol. The van der Waals surface area contributed by atoms with E-state index in [4.69, 9.17) is 4.74 Å². The molecule has 1 fully saturated rings. The molecule has 1 aliphatic rings. The standard InChI is InChI=1S/C14H26N4O2/c1-13(2,3)9-8-20-10(12(9)19)6-14(4,5)7-11-15-17-18-16-11/h9-10,12,19H,6-8H2,1-5H3,(H,15,16,17,18). The van der Waals surface area contributed by atoms with E-state index in [-0.39, 0.29) is 22.9 Å². The van der Waals surface area contributed by atoms with Gasteiger partial charge in [0.15, 0.2) is 0 Å². The molecule has 0 amide bonds. The SMILES string of the molecule is CC(C)(Cc1nnn[nH]1)CC1OCC(C(C)(C)C)C1O. The molecule has 2 heterocycles. The smallest absolute Gasteiger partial charge is 0.148 e. The van der Waals surface area contributed by atoms with Gasteiger partial charge in [0.05, 0.1) is 18.8 Å². The van der Waals surface area contributed by atoms with Crippen molar-refractivity contribution < 1.29 is 9.84 Å². The summed E-state index contributed by atoms with van der Waals surface area (Å²) in [7, 11) is 0. The third-order valence-electron chi connectivity index (χ3n) is 4.18. The molecule has 0 aliphatic carbocycles. The number of aromatic nitrogens is 4. The molecule has 0 radical (unpaired) electrons. The normalized spacial score (nSPS) is 28.0. The highest BCUT2D eigenvalue weighted by molar-refractivity contribution is 4.94. The van der Waals surface area contributed by atoms with E-state index in [9.17, 15) is 5.11 Å². The third-order valence-corrected chi connectivity index (χ3v) is 4.18. The Hall–Kier alpha value is -1.01. The van der Waals surface area contributed by atoms with E-state index in [0.717, 1.165) is 18.7 Å². The van der Waals surface area contributed by atoms with Gasteiger partial charge in [-0.25, -0.2) is 5.10 Å². The van der Waals surface area contributed by atoms with Crippen molar-refractivity contribution in [2.24, 2.45) is 16.7 Å². The maximum absolute atomic E-state index is 10.5. The van der Waals surface area contributed by atoms with Crippen LogP contribution in [-0.2, 0) is 11.2 Å². The molecule has 1 aromatic rings. The highest BCUT2D eigenvalue weighted by atomic mass is 16.5. The minimum atomic E-state index is -0.401. The van der Waals surface area contributed by atoms with Gasteiger partial charge in [0.2, 0.25) is 0 Å². The van der Waals surface area contributed by atoms with Crippen LogP contribution in [0.3, 0.4) is 0 Å². The lowest BCUT2D eigenvalue weighted by Crippen LogP contribution is -2.36. The molecule has 6 heteroatoms. The van der Waals surface area contributed by atoms with Gasteiger partial charge in [0, 0.05) is 12.3 Å². The van der Waals surface area contributed by atoms with Crippen molar-refractivity contribution in [1.29, 1.82) is 0 Å². The van der Waals surface area contributed by atoms with Crippen molar-refractivity contribution in [3.05, 3.63) is 5.82 Å². The molecule has 0 aromatic carbocycles. The summed E-state index contributed by atoms with van der Waals surface area (Å²) in [5, 5.41) is 24.4. The molecule has 6 nitrogen and oxygen atoms in total. The van der Waals surface area contributed by atoms with E-state index in [1.54, 1.807) is 0 Å². The number of aromatic amines is 1. The summed E-state index contributed by atoms with van der Waals surface area (Å²) in [6, 6.07) is 0. The number of hydrogen-bond acceptors (Lipinski definition) is 5. The molecular formula is C14H26N4O2. The predicted octanol–water partition coefficient (Wildman–Crippen LogP) is 1.58. The van der Waals surface area contributed by atoms with Crippen LogP contribution in [-0.4, -0.2) is 44.5 Å². The molecule has 0 saturated carbocycles. The molecule has 2 rings (SSSR count). The Morgan fingerprint density at radius 1 is 1.30 bits per heavy atom. The van der Waals surface area contributed by atoms with Crippen LogP contribution < -0.4 is 0 Å². The lowest BCUT2D eigenvalue weighted by atomic mass is 9.75. The van der Waals surface area contributed by atoms with Gasteiger partial charge < -0.3 is 9.84 Å². The Labute approximate surface area is 120 Å². The predicted molar refractivity (Wildman–Crippen MR) is 75.0 cm³/mol. The molecule has 0 bridgehead atoms. The van der Waals surface area contributed by atoms with Gasteiger partial charge in [-0.2, -0.15) is 0 Å². The Morgan fingerprint density at radius 3 is 2.50 bits per heavy atom. The lowest BCUT2D eigenvalue weighted by Gasteiger charge is -2.31. The Balaban J connectivity index is 1.96. The fourth-order valence-corrected chi connectivity index (χ4v) is 2.95. The summed E-state index contributed by atoms with van der Waals surface area (Å²) in [4.78, 5) is 0. The van der Waals surface area contributed by atoms with Crippen LogP contribution in [0.25, 0.3) is 0 Å². The zero-order valence-electron chi connectivity index (χ0n) is 13.1. The number of tetrazole rings is 1. The van der Waals surface area contributed by atoms with Gasteiger partial charge in [-0.1, -0.05) is 34.6 Å². The van der Waals surface area contributed by atoms with Crippen LogP contribution in [0.15, 0.2) is 0 Å². The first-order chi connectivity index (χ1) is 9.19. The summed E-state index contributed by atoms with van der Waals surface area (Å²) >= 11 is 0. The fourth-order valence-electron chi connectivity index (χ4n) is 2.95. The molecule has 1 saturated heterocycles. The second-order valence-electron chi connectivity index (χ2n) is 7.73. The van der Waals surface area contributed by atoms with Gasteiger partial charge >= 0.3 is 0 Å². The van der Waals surface area contributed by atoms with Crippen LogP contribution in [0.5, 0.6) is 0 Å². The number of nitrogens with one attached hydrogen (secondary N) is 1. The van der Waals surface area contributed by atoms with Crippen molar-refractivity contribution in [1.82, 2.24) is 20.6 Å². The topological polar surface area (TPSA) is 83.9 Å². The maximum Gasteiger partial charge on any atom is 0.148 e. The number of hydrogen-bond donors (Lipinski definition) is 2. The zero-order chi connectivity index (χ0) is 15.0. The second-order valence-corrected chi connectivity index (χ2v) is 7.73. The molecule has 114 valence electrons. The van der Waals surface area contributed by atoms with Gasteiger partial charge in [-0.15, -0.1) is 5.10 Å². The minimum absolute atomic E-state index is 0.0281. The Kier molecular flexibility index (Phi) is 4.16. The van der Waals surface area contributed by atoms with E-state index >= 15 is 0 Å². The van der Waals surface area contributed by atoms with E-state index in [0.29, 0.717) is 6.61 Å². The number of rotatable bonds is 4. The first-order valence-electron chi connectivity index (χ1n) is 7.21. The van der Waals surface area contributed by atoms with E-state index < -0.39 is 6.10 Å². The molecule has 2 N–H and O–H groups in total. The Bertz CT molecular complexity index is 425. The number of aliphatic hydroxyl groups is 1. The summed E-state index contributed by atoms with van der Waals surface area (Å²) < 4.78 is 5.85. The van der Waals surface area contributed by atoms with E-state index in [2.05, 4.69) is 55.2 Å². The van der Waals surface area contributed by atoms with Crippen LogP contribution in [0.1, 0.15) is 46.9 Å². The van der Waals surface area contributed by atoms with Gasteiger partial charge in [-0.3, -0.25) is 0 Å². The van der Waals surface area contributed by atoms with E-state index in [1.165, 1.54) is 0 Å². The highest BCUT2D eigenvalue weighted by Crippen LogP contribution is 2.39. The van der Waals surface area contributed by atoms with E-state index in [1.807, 2.05) is 0 Å². The average Bonchev–Trinajstić information content (AvgIpc) is 2.88. The molecule has 1 aromatic heterocycles. The zero-order valence-corrected chi connectivity index (χ0v) is 13.1. The fraction of sp³-hybridized carbons (Fsp3) is 0.929. The summed E-state index contributed by atoms with van der Waals surface area (Å²) in [5.41, 5.74) is 0.0345. The first kappa shape index (κ1) is 15.4. The molecule has 0 spiro atoms. The second kappa shape index (κ2) is 5.41. The van der Waals surface area contributed by atoms with Gasteiger partial charge in [0.25, 0.3) is 0 Å². The van der Waals surface area contributed by atoms with Crippen molar-refractivity contribution in [3.8, 4) is 0 Å². The first-order valence-corrected chi connectivity index (χ1v) is 7.21. The van der Waals surface area contributed by atoms with Crippen molar-refractivity contribution in [2.75, 3.05) is 6.61 Å². The lowest BCUT2D eigenvalue weighted by molar-refractivity contribution is 0.00443. The Morgan fingerprint density at radius 2 is 2.00 bits per heavy atom. The number of nitrogens with zero attached hydrogens (tertiary/aromatic N) is 3. The number of aliphatic hydroxyl groups excluding tert-OH is 1. The van der Waals surface area contributed by atoms with Crippen LogP contribution in [0.4, 0.5) is 0 Å². The summed E-state index contributed by atoms with van der Waals surface area (Å²) in [6.45, 7) is 11.4. The van der Waals surface area contributed by atoms with Crippen LogP contribution in [0, 0.1) is 16.7 Å². The van der Waals surface area contributed by atoms with Gasteiger partial charge in [0.1, 0.15) is 5.82 Å². The largest absolute Gasteiger partial charge is 0.390 e. The highest BCUT2D eigenvalue weighted by Gasteiger charge is 2.43. The van der Waals surface area contributed by atoms with Crippen molar-refractivity contribution in [3.63, 3.8) is 0 Å². The minimum Gasteiger partial charge on any atom is -0.390 e. The maximum atomic E-state index is 10.5. The summed E-state index contributed by atoms with van der Waals surface area (Å²) in [5.74, 6) is 0.963. The average molecular weight is 282 g/mol. The molecule has 1 aliphatic heterocycles. The van der Waals surface area contributed by atoms with Crippen molar-refractivity contribution in [2.45, 2.75) is 59.7 Å². The molecule has 3 atom stereocenters. The van der Waals surface area contributed by atoms with Crippen LogP contribution in [0.2, 0.25) is 0 Å². The molecule has 20 heavy (non-hydrogen) atoms. The monoisotopic (exact) mass is 282 g/mol. The summed E-state index contributed by atoms with van der Waals surface area (Å²) in [6.07, 6.45) is 1.03. The third kappa shape index (κ3) is 3.55. The van der Waals surface area contributed by atoms with Crippen molar-refractivity contribution >= 4 is 0 Å². The van der Waals surface area contributed by atoms with Gasteiger partial charge in [-0.05, 0) is 27.7 Å². The number of ether oxygens (including phenoxy) is 1. The quantitative estimate of drug-likeness (QED) is 0.876. The van der Waals surface area contributed by atoms with Crippen LogP contribution >= 0.6 is 0 Å². The number of H-pyrrole nitrogens is 1.